The number of rotatable bonds is 2. The maximum Gasteiger partial charge on any atom is 0.283 e. The van der Waals surface area contributed by atoms with E-state index < -0.39 is 10.0 Å². The molecule has 0 saturated heterocycles. The van der Waals surface area contributed by atoms with Crippen LogP contribution in [0.3, 0.4) is 0 Å². The van der Waals surface area contributed by atoms with E-state index in [9.17, 15) is 8.42 Å². The molecule has 0 N–H and O–H groups in total. The van der Waals surface area contributed by atoms with E-state index in [4.69, 9.17) is 0 Å². The lowest BCUT2D eigenvalue weighted by Gasteiger charge is -2.11. The molecule has 0 aliphatic rings. The molecule has 0 spiro atoms. The monoisotopic (exact) mass is 342 g/mol. The first-order valence-corrected chi connectivity index (χ1v) is 8.02. The van der Waals surface area contributed by atoms with Gasteiger partial charge in [0, 0.05) is 4.47 Å². The molecule has 0 aliphatic carbocycles. The Morgan fingerprint density at radius 3 is 2.21 bits per heavy atom. The molecule has 19 heavy (non-hydrogen) atoms. The molecule has 2 aromatic rings. The fraction of sp³-hybridized carbons (Fsp3) is 0.308. The highest BCUT2D eigenvalue weighted by Crippen LogP contribution is 2.26. The summed E-state index contributed by atoms with van der Waals surface area (Å²) in [6, 6.07) is 5.23. The van der Waals surface area contributed by atoms with E-state index in [1.165, 1.54) is 0 Å². The number of hydrogen-bond acceptors (Lipinski definition) is 3. The van der Waals surface area contributed by atoms with Crippen LogP contribution < -0.4 is 0 Å². The molecule has 0 atom stereocenters. The Balaban J connectivity index is 2.70. The molecule has 0 amide bonds. The van der Waals surface area contributed by atoms with Crippen molar-refractivity contribution >= 4 is 26.0 Å². The molecule has 4 nitrogen and oxygen atoms in total. The van der Waals surface area contributed by atoms with Crippen molar-refractivity contribution in [1.82, 2.24) is 9.19 Å². The van der Waals surface area contributed by atoms with Gasteiger partial charge >= 0.3 is 0 Å². The third kappa shape index (κ3) is 2.47. The van der Waals surface area contributed by atoms with Gasteiger partial charge in [0.05, 0.1) is 16.3 Å². The Bertz CT molecular complexity index is 748. The van der Waals surface area contributed by atoms with Gasteiger partial charge in [0.1, 0.15) is 0 Å². The standard InChI is InChI=1S/C13H15BrN2O2S/c1-8-6-13(9(2)5-12(8)14)19(17,18)16-11(4)7-10(3)15-16/h5-7H,1-4H3. The second-order valence-corrected chi connectivity index (χ2v) is 7.23. The third-order valence-corrected chi connectivity index (χ3v) is 5.60. The Hall–Kier alpha value is -1.14. The van der Waals surface area contributed by atoms with Crippen LogP contribution in [0, 0.1) is 27.7 Å². The Morgan fingerprint density at radius 1 is 1.05 bits per heavy atom. The molecule has 0 saturated carbocycles. The van der Waals surface area contributed by atoms with E-state index in [2.05, 4.69) is 21.0 Å². The van der Waals surface area contributed by atoms with Gasteiger partial charge in [-0.05, 0) is 57.0 Å². The van der Waals surface area contributed by atoms with E-state index in [1.807, 2.05) is 13.0 Å². The van der Waals surface area contributed by atoms with E-state index in [-0.39, 0.29) is 0 Å². The van der Waals surface area contributed by atoms with Crippen LogP contribution in [0.5, 0.6) is 0 Å². The zero-order valence-electron chi connectivity index (χ0n) is 11.2. The Morgan fingerprint density at radius 2 is 1.68 bits per heavy atom. The highest BCUT2D eigenvalue weighted by molar-refractivity contribution is 9.10. The fourth-order valence-corrected chi connectivity index (χ4v) is 4.08. The largest absolute Gasteiger partial charge is 0.283 e. The van der Waals surface area contributed by atoms with Gasteiger partial charge in [0.15, 0.2) is 0 Å². The van der Waals surface area contributed by atoms with Crippen molar-refractivity contribution in [1.29, 1.82) is 0 Å². The van der Waals surface area contributed by atoms with Crippen molar-refractivity contribution in [2.75, 3.05) is 0 Å². The predicted octanol–water partition coefficient (Wildman–Crippen LogP) is 3.12. The zero-order valence-corrected chi connectivity index (χ0v) is 13.6. The van der Waals surface area contributed by atoms with E-state index in [0.29, 0.717) is 21.8 Å². The summed E-state index contributed by atoms with van der Waals surface area (Å²) in [5.41, 5.74) is 2.88. The van der Waals surface area contributed by atoms with Gasteiger partial charge in [-0.3, -0.25) is 0 Å². The van der Waals surface area contributed by atoms with Crippen molar-refractivity contribution in [2.45, 2.75) is 32.6 Å². The van der Waals surface area contributed by atoms with Gasteiger partial charge < -0.3 is 0 Å². The second kappa shape index (κ2) is 4.76. The van der Waals surface area contributed by atoms with Crippen LogP contribution in [-0.4, -0.2) is 17.6 Å². The van der Waals surface area contributed by atoms with Crippen molar-refractivity contribution in [2.24, 2.45) is 0 Å². The smallest absolute Gasteiger partial charge is 0.199 e. The molecular weight excluding hydrogens is 328 g/mol. The van der Waals surface area contributed by atoms with Crippen molar-refractivity contribution < 1.29 is 8.42 Å². The Labute approximate surface area is 121 Å². The third-order valence-electron chi connectivity index (χ3n) is 2.93. The minimum atomic E-state index is -3.63. The molecule has 1 aromatic carbocycles. The van der Waals surface area contributed by atoms with Crippen LogP contribution in [0.15, 0.2) is 27.6 Å². The molecule has 102 valence electrons. The molecule has 0 radical (unpaired) electrons. The van der Waals surface area contributed by atoms with Crippen LogP contribution in [0.1, 0.15) is 22.5 Å². The van der Waals surface area contributed by atoms with Crippen molar-refractivity contribution in [3.8, 4) is 0 Å². The van der Waals surface area contributed by atoms with Crippen LogP contribution in [0.25, 0.3) is 0 Å². The van der Waals surface area contributed by atoms with Gasteiger partial charge in [-0.15, -0.1) is 0 Å². The molecule has 1 heterocycles. The van der Waals surface area contributed by atoms with Gasteiger partial charge in [0.25, 0.3) is 10.0 Å². The summed E-state index contributed by atoms with van der Waals surface area (Å²) >= 11 is 3.40. The minimum Gasteiger partial charge on any atom is -0.199 e. The van der Waals surface area contributed by atoms with E-state index >= 15 is 0 Å². The molecular formula is C13H15BrN2O2S. The lowest BCUT2D eigenvalue weighted by molar-refractivity contribution is 0.577. The van der Waals surface area contributed by atoms with Gasteiger partial charge in [-0.1, -0.05) is 15.9 Å². The first-order chi connectivity index (χ1) is 8.73. The zero-order chi connectivity index (χ0) is 14.4. The van der Waals surface area contributed by atoms with Crippen molar-refractivity contribution in [3.63, 3.8) is 0 Å². The van der Waals surface area contributed by atoms with E-state index in [0.717, 1.165) is 14.1 Å². The number of benzene rings is 1. The summed E-state index contributed by atoms with van der Waals surface area (Å²) in [5.74, 6) is 0. The first-order valence-electron chi connectivity index (χ1n) is 5.79. The van der Waals surface area contributed by atoms with E-state index in [1.54, 1.807) is 32.9 Å². The van der Waals surface area contributed by atoms with Gasteiger partial charge in [0.2, 0.25) is 0 Å². The summed E-state index contributed by atoms with van der Waals surface area (Å²) in [6.45, 7) is 7.16. The molecule has 0 fully saturated rings. The fourth-order valence-electron chi connectivity index (χ4n) is 1.98. The van der Waals surface area contributed by atoms with Crippen LogP contribution in [0.4, 0.5) is 0 Å². The maximum atomic E-state index is 12.6. The second-order valence-electron chi connectivity index (χ2n) is 4.64. The molecule has 1 aromatic heterocycles. The molecule has 2 rings (SSSR count). The number of aryl methyl sites for hydroxylation is 4. The molecule has 0 bridgehead atoms. The molecule has 6 heteroatoms. The van der Waals surface area contributed by atoms with Crippen LogP contribution in [0.2, 0.25) is 0 Å². The maximum absolute atomic E-state index is 12.6. The normalized spacial score (nSPS) is 11.8. The summed E-state index contributed by atoms with van der Waals surface area (Å²) in [4.78, 5) is 0.291. The summed E-state index contributed by atoms with van der Waals surface area (Å²) in [6.07, 6.45) is 0. The summed E-state index contributed by atoms with van der Waals surface area (Å²) < 4.78 is 27.3. The summed E-state index contributed by atoms with van der Waals surface area (Å²) in [5, 5.41) is 4.07. The molecule has 0 unspecified atom stereocenters. The summed E-state index contributed by atoms with van der Waals surface area (Å²) in [7, 11) is -3.63. The lowest BCUT2D eigenvalue weighted by atomic mass is 10.2. The van der Waals surface area contributed by atoms with Crippen molar-refractivity contribution in [3.05, 3.63) is 45.2 Å². The van der Waals surface area contributed by atoms with Gasteiger partial charge in [-0.2, -0.15) is 17.6 Å². The van der Waals surface area contributed by atoms with Gasteiger partial charge in [-0.25, -0.2) is 0 Å². The first kappa shape index (κ1) is 14.3. The van der Waals surface area contributed by atoms with Crippen LogP contribution >= 0.6 is 15.9 Å². The highest BCUT2D eigenvalue weighted by atomic mass is 79.9. The quantitative estimate of drug-likeness (QED) is 0.842. The topological polar surface area (TPSA) is 52.0 Å². The molecule has 0 aliphatic heterocycles. The predicted molar refractivity (Wildman–Crippen MR) is 77.9 cm³/mol. The Kier molecular flexibility index (Phi) is 3.57. The SMILES string of the molecule is Cc1cc(C)n(S(=O)(=O)c2cc(C)c(Br)cc2C)n1. The average Bonchev–Trinajstić information content (AvgIpc) is 2.63. The highest BCUT2D eigenvalue weighted by Gasteiger charge is 2.23. The minimum absolute atomic E-state index is 0.291. The number of nitrogens with zero attached hydrogens (tertiary/aromatic N) is 2. The lowest BCUT2D eigenvalue weighted by Crippen LogP contribution is -2.17. The number of hydrogen-bond donors (Lipinski definition) is 0. The van der Waals surface area contributed by atoms with Crippen LogP contribution in [-0.2, 0) is 10.0 Å². The number of halogens is 1. The number of aromatic nitrogens is 2. The average molecular weight is 343 g/mol.